The monoisotopic (exact) mass is 378 g/mol. The second kappa shape index (κ2) is 7.42. The molecule has 1 heterocycles. The molecule has 3 aromatic carbocycles. The van der Waals surface area contributed by atoms with E-state index >= 15 is 0 Å². The van der Waals surface area contributed by atoms with E-state index < -0.39 is 19.6 Å². The highest BCUT2D eigenvalue weighted by Crippen LogP contribution is 2.33. The molecular formula is C22H17F2N2P. The van der Waals surface area contributed by atoms with Gasteiger partial charge in [-0.25, -0.2) is 13.8 Å². The summed E-state index contributed by atoms with van der Waals surface area (Å²) in [6, 6.07) is 23.5. The van der Waals surface area contributed by atoms with E-state index in [1.54, 1.807) is 10.8 Å². The molecule has 27 heavy (non-hydrogen) atoms. The maximum Gasteiger partial charge on any atom is 0.147 e. The molecule has 0 saturated carbocycles. The Morgan fingerprint density at radius 1 is 0.815 bits per heavy atom. The van der Waals surface area contributed by atoms with E-state index in [0.717, 1.165) is 28.4 Å². The van der Waals surface area contributed by atoms with Gasteiger partial charge in [-0.05, 0) is 29.7 Å². The largest absolute Gasteiger partial charge is 0.296 e. The van der Waals surface area contributed by atoms with Crippen molar-refractivity contribution in [2.24, 2.45) is 0 Å². The normalized spacial score (nSPS) is 11.1. The lowest BCUT2D eigenvalue weighted by Gasteiger charge is -2.20. The average molecular weight is 378 g/mol. The van der Waals surface area contributed by atoms with Crippen molar-refractivity contribution in [2.75, 3.05) is 0 Å². The van der Waals surface area contributed by atoms with Crippen LogP contribution in [0.2, 0.25) is 0 Å². The van der Waals surface area contributed by atoms with E-state index in [-0.39, 0.29) is 5.69 Å². The molecule has 0 spiro atoms. The van der Waals surface area contributed by atoms with Crippen LogP contribution in [0.1, 0.15) is 5.69 Å². The predicted molar refractivity (Wildman–Crippen MR) is 107 cm³/mol. The summed E-state index contributed by atoms with van der Waals surface area (Å²) in [7, 11) is -1.03. The van der Waals surface area contributed by atoms with Crippen LogP contribution in [-0.4, -0.2) is 9.55 Å². The van der Waals surface area contributed by atoms with Gasteiger partial charge in [-0.1, -0.05) is 60.7 Å². The van der Waals surface area contributed by atoms with Gasteiger partial charge in [0, 0.05) is 20.2 Å². The third kappa shape index (κ3) is 3.54. The summed E-state index contributed by atoms with van der Waals surface area (Å²) >= 11 is 0. The molecule has 1 aromatic heterocycles. The minimum absolute atomic E-state index is 0.171. The van der Waals surface area contributed by atoms with E-state index in [1.807, 2.05) is 43.3 Å². The molecule has 0 aliphatic rings. The minimum atomic E-state index is -1.03. The summed E-state index contributed by atoms with van der Waals surface area (Å²) in [5, 5.41) is 2.20. The summed E-state index contributed by atoms with van der Waals surface area (Å²) in [6.45, 7) is 1.86. The van der Waals surface area contributed by atoms with Crippen molar-refractivity contribution in [1.29, 1.82) is 0 Å². The molecule has 0 N–H and O–H groups in total. The first-order valence-electron chi connectivity index (χ1n) is 8.55. The molecule has 0 unspecified atom stereocenters. The first-order chi connectivity index (χ1) is 13.1. The Labute approximate surface area is 157 Å². The average Bonchev–Trinajstić information content (AvgIpc) is 3.07. The topological polar surface area (TPSA) is 17.8 Å². The fraction of sp³-hybridized carbons (Fsp3) is 0.0455. The van der Waals surface area contributed by atoms with Crippen molar-refractivity contribution < 1.29 is 8.78 Å². The number of aromatic nitrogens is 2. The molecule has 0 radical (unpaired) electrons. The second-order valence-electron chi connectivity index (χ2n) is 6.15. The first kappa shape index (κ1) is 17.6. The van der Waals surface area contributed by atoms with Crippen molar-refractivity contribution in [1.82, 2.24) is 9.55 Å². The number of nitrogens with zero attached hydrogens (tertiary/aromatic N) is 2. The molecule has 5 heteroatoms. The lowest BCUT2D eigenvalue weighted by Crippen LogP contribution is -2.27. The Morgan fingerprint density at radius 3 is 2.00 bits per heavy atom. The van der Waals surface area contributed by atoms with Gasteiger partial charge in [-0.2, -0.15) is 0 Å². The van der Waals surface area contributed by atoms with E-state index in [9.17, 15) is 8.78 Å². The van der Waals surface area contributed by atoms with Crippen molar-refractivity contribution >= 4 is 24.1 Å². The smallest absolute Gasteiger partial charge is 0.147 e. The Morgan fingerprint density at radius 2 is 1.41 bits per heavy atom. The van der Waals surface area contributed by atoms with Gasteiger partial charge in [0.2, 0.25) is 0 Å². The molecule has 2 nitrogen and oxygen atoms in total. The highest BCUT2D eigenvalue weighted by atomic mass is 31.1. The maximum absolute atomic E-state index is 14.5. The van der Waals surface area contributed by atoms with Crippen LogP contribution >= 0.6 is 7.92 Å². The first-order valence-corrected chi connectivity index (χ1v) is 9.89. The molecule has 0 bridgehead atoms. The Balaban J connectivity index is 1.96. The molecule has 0 aliphatic heterocycles. The summed E-state index contributed by atoms with van der Waals surface area (Å²) in [5.41, 5.74) is 1.64. The van der Waals surface area contributed by atoms with Crippen molar-refractivity contribution in [3.05, 3.63) is 102 Å². The van der Waals surface area contributed by atoms with Gasteiger partial charge in [0.1, 0.15) is 17.2 Å². The molecular weight excluding hydrogens is 361 g/mol. The van der Waals surface area contributed by atoms with Gasteiger partial charge in [0.05, 0.1) is 11.4 Å². The zero-order chi connectivity index (χ0) is 18.8. The number of benzene rings is 3. The highest BCUT2D eigenvalue weighted by Gasteiger charge is 2.24. The van der Waals surface area contributed by atoms with Crippen molar-refractivity contribution in [3.8, 4) is 5.69 Å². The standard InChI is InChI=1S/C22H17F2N2P/c1-16-15-26(21-14-17(23)12-13-20(21)24)22(25-16)27(18-8-4-2-5-9-18)19-10-6-3-7-11-19/h2-15H,1H3. The third-order valence-corrected chi connectivity index (χ3v) is 6.55. The molecule has 0 aliphatic carbocycles. The van der Waals surface area contributed by atoms with Gasteiger partial charge in [-0.15, -0.1) is 0 Å². The molecule has 0 amide bonds. The molecule has 134 valence electrons. The Bertz CT molecular complexity index is 1020. The Hall–Kier alpha value is -2.84. The number of imidazole rings is 1. The van der Waals surface area contributed by atoms with Crippen LogP contribution in [0.25, 0.3) is 5.69 Å². The minimum Gasteiger partial charge on any atom is -0.296 e. The summed E-state index contributed by atoms with van der Waals surface area (Å²) in [6.07, 6.45) is 1.76. The summed E-state index contributed by atoms with van der Waals surface area (Å²) in [4.78, 5) is 4.71. The van der Waals surface area contributed by atoms with Gasteiger partial charge in [0.15, 0.2) is 0 Å². The lowest BCUT2D eigenvalue weighted by atomic mass is 10.3. The number of hydrogen-bond acceptors (Lipinski definition) is 1. The van der Waals surface area contributed by atoms with Crippen LogP contribution < -0.4 is 16.2 Å². The number of hydrogen-bond donors (Lipinski definition) is 0. The number of rotatable bonds is 4. The van der Waals surface area contributed by atoms with Crippen LogP contribution in [-0.2, 0) is 0 Å². The summed E-state index contributed by atoms with van der Waals surface area (Å²) < 4.78 is 30.0. The van der Waals surface area contributed by atoms with Crippen LogP contribution in [0.5, 0.6) is 0 Å². The van der Waals surface area contributed by atoms with Gasteiger partial charge in [0.25, 0.3) is 0 Å². The van der Waals surface area contributed by atoms with E-state index in [2.05, 4.69) is 24.3 Å². The lowest BCUT2D eigenvalue weighted by molar-refractivity contribution is 0.593. The fourth-order valence-electron chi connectivity index (χ4n) is 3.02. The zero-order valence-corrected chi connectivity index (χ0v) is 15.6. The van der Waals surface area contributed by atoms with Gasteiger partial charge >= 0.3 is 0 Å². The molecule has 0 atom stereocenters. The molecule has 0 saturated heterocycles. The maximum atomic E-state index is 14.5. The van der Waals surface area contributed by atoms with E-state index in [0.29, 0.717) is 5.57 Å². The van der Waals surface area contributed by atoms with Gasteiger partial charge in [-0.3, -0.25) is 4.57 Å². The van der Waals surface area contributed by atoms with Crippen LogP contribution in [0.3, 0.4) is 0 Å². The predicted octanol–water partition coefficient (Wildman–Crippen LogP) is 4.22. The third-order valence-electron chi connectivity index (χ3n) is 4.20. The quantitative estimate of drug-likeness (QED) is 0.487. The van der Waals surface area contributed by atoms with Crippen molar-refractivity contribution in [2.45, 2.75) is 6.92 Å². The van der Waals surface area contributed by atoms with Crippen LogP contribution in [0.15, 0.2) is 85.1 Å². The number of halogens is 2. The second-order valence-corrected chi connectivity index (χ2v) is 8.26. The number of aryl methyl sites for hydroxylation is 1. The molecule has 4 aromatic rings. The van der Waals surface area contributed by atoms with Gasteiger partial charge < -0.3 is 0 Å². The fourth-order valence-corrected chi connectivity index (χ4v) is 5.36. The highest BCUT2D eigenvalue weighted by molar-refractivity contribution is 7.79. The molecule has 0 fully saturated rings. The van der Waals surface area contributed by atoms with Crippen molar-refractivity contribution in [3.63, 3.8) is 0 Å². The summed E-state index contributed by atoms with van der Waals surface area (Å²) in [5.74, 6) is -0.960. The zero-order valence-electron chi connectivity index (χ0n) is 14.7. The SMILES string of the molecule is Cc1cn(-c2cc(F)ccc2F)c(P(c2ccccc2)c2ccccc2)n1. The Kier molecular flexibility index (Phi) is 4.83. The van der Waals surface area contributed by atoms with Crippen LogP contribution in [0, 0.1) is 18.6 Å². The van der Waals surface area contributed by atoms with Crippen LogP contribution in [0.4, 0.5) is 8.78 Å². The molecule has 4 rings (SSSR count). The van der Waals surface area contributed by atoms with E-state index in [1.165, 1.54) is 6.07 Å². The van der Waals surface area contributed by atoms with E-state index in [4.69, 9.17) is 4.98 Å².